The van der Waals surface area contributed by atoms with Crippen molar-refractivity contribution in [3.8, 4) is 12.0 Å². The molecule has 0 bridgehead atoms. The first-order chi connectivity index (χ1) is 6.81. The van der Waals surface area contributed by atoms with Gasteiger partial charge in [0.05, 0.1) is 14.2 Å². The van der Waals surface area contributed by atoms with Gasteiger partial charge in [0, 0.05) is 6.04 Å². The molecule has 6 nitrogen and oxygen atoms in total. The molecule has 0 amide bonds. The lowest BCUT2D eigenvalue weighted by Gasteiger charge is -2.05. The molecule has 1 fully saturated rings. The number of nitrogens with one attached hydrogen (secondary N) is 1. The molecule has 2 rings (SSSR count). The molecule has 6 heteroatoms. The standard InChI is InChI=1S/C8H12N4O2/c1-13-7-10-6(9-5-3-4-5)11-8(12-7)14-2/h5H,3-4H2,1-2H3,(H,9,10,11,12). The molecule has 0 atom stereocenters. The molecule has 1 N–H and O–H groups in total. The molecular formula is C8H12N4O2. The van der Waals surface area contributed by atoms with E-state index in [1.54, 1.807) is 0 Å². The molecule has 1 aromatic heterocycles. The Kier molecular flexibility index (Phi) is 2.34. The molecule has 1 heterocycles. The highest BCUT2D eigenvalue weighted by Crippen LogP contribution is 2.24. The highest BCUT2D eigenvalue weighted by molar-refractivity contribution is 5.30. The molecule has 1 aliphatic rings. The molecule has 0 aromatic carbocycles. The van der Waals surface area contributed by atoms with E-state index in [0.29, 0.717) is 12.0 Å². The van der Waals surface area contributed by atoms with E-state index in [1.807, 2.05) is 0 Å². The Morgan fingerprint density at radius 1 is 1.07 bits per heavy atom. The van der Waals surface area contributed by atoms with Crippen molar-refractivity contribution in [3.63, 3.8) is 0 Å². The van der Waals surface area contributed by atoms with E-state index < -0.39 is 0 Å². The van der Waals surface area contributed by atoms with Crippen LogP contribution < -0.4 is 14.8 Å². The van der Waals surface area contributed by atoms with Gasteiger partial charge in [0.25, 0.3) is 0 Å². The number of anilines is 1. The van der Waals surface area contributed by atoms with Crippen molar-refractivity contribution in [1.82, 2.24) is 15.0 Å². The van der Waals surface area contributed by atoms with Gasteiger partial charge >= 0.3 is 12.0 Å². The van der Waals surface area contributed by atoms with E-state index in [2.05, 4.69) is 20.3 Å². The summed E-state index contributed by atoms with van der Waals surface area (Å²) in [5.74, 6) is 0.510. The largest absolute Gasteiger partial charge is 0.467 e. The van der Waals surface area contributed by atoms with Crippen LogP contribution in [-0.2, 0) is 0 Å². The molecular weight excluding hydrogens is 184 g/mol. The maximum Gasteiger partial charge on any atom is 0.324 e. The average Bonchev–Trinajstić information content (AvgIpc) is 3.01. The second kappa shape index (κ2) is 3.65. The van der Waals surface area contributed by atoms with Gasteiger partial charge in [-0.3, -0.25) is 0 Å². The molecule has 0 radical (unpaired) electrons. The van der Waals surface area contributed by atoms with Gasteiger partial charge in [-0.25, -0.2) is 0 Å². The fourth-order valence-electron chi connectivity index (χ4n) is 0.995. The Labute approximate surface area is 81.7 Å². The first-order valence-electron chi connectivity index (χ1n) is 4.42. The summed E-state index contributed by atoms with van der Waals surface area (Å²) in [6.45, 7) is 0. The second-order valence-corrected chi connectivity index (χ2v) is 3.05. The number of nitrogens with zero attached hydrogens (tertiary/aromatic N) is 3. The molecule has 0 spiro atoms. The lowest BCUT2D eigenvalue weighted by molar-refractivity contribution is 0.341. The number of aromatic nitrogens is 3. The Morgan fingerprint density at radius 2 is 1.64 bits per heavy atom. The van der Waals surface area contributed by atoms with Crippen molar-refractivity contribution in [2.24, 2.45) is 0 Å². The lowest BCUT2D eigenvalue weighted by atomic mass is 10.7. The zero-order valence-electron chi connectivity index (χ0n) is 8.15. The van der Waals surface area contributed by atoms with Crippen LogP contribution in [0.2, 0.25) is 0 Å². The van der Waals surface area contributed by atoms with Crippen LogP contribution in [0.5, 0.6) is 12.0 Å². The normalized spacial score (nSPS) is 15.0. The Bertz CT molecular complexity index is 305. The number of ether oxygens (including phenoxy) is 2. The van der Waals surface area contributed by atoms with Gasteiger partial charge in [0.15, 0.2) is 0 Å². The van der Waals surface area contributed by atoms with Gasteiger partial charge in [-0.05, 0) is 12.8 Å². The maximum absolute atomic E-state index is 4.92. The number of hydrogen-bond donors (Lipinski definition) is 1. The van der Waals surface area contributed by atoms with E-state index in [0.717, 1.165) is 12.8 Å². The molecule has 1 aliphatic carbocycles. The lowest BCUT2D eigenvalue weighted by Crippen LogP contribution is -2.08. The Hall–Kier alpha value is -1.59. The SMILES string of the molecule is COc1nc(NC2CC2)nc(OC)n1. The first-order valence-corrected chi connectivity index (χ1v) is 4.42. The van der Waals surface area contributed by atoms with Crippen molar-refractivity contribution in [2.45, 2.75) is 18.9 Å². The van der Waals surface area contributed by atoms with Gasteiger partial charge in [-0.1, -0.05) is 0 Å². The fraction of sp³-hybridized carbons (Fsp3) is 0.625. The fourth-order valence-corrected chi connectivity index (χ4v) is 0.995. The predicted octanol–water partition coefficient (Wildman–Crippen LogP) is 0.463. The van der Waals surface area contributed by atoms with Gasteiger partial charge < -0.3 is 14.8 Å². The van der Waals surface area contributed by atoms with Crippen LogP contribution in [0, 0.1) is 0 Å². The van der Waals surface area contributed by atoms with Crippen LogP contribution in [0.25, 0.3) is 0 Å². The van der Waals surface area contributed by atoms with Gasteiger partial charge in [-0.15, -0.1) is 4.98 Å². The molecule has 0 aliphatic heterocycles. The third-order valence-corrected chi connectivity index (χ3v) is 1.87. The number of methoxy groups -OCH3 is 2. The van der Waals surface area contributed by atoms with Crippen LogP contribution in [0.1, 0.15) is 12.8 Å². The minimum absolute atomic E-state index is 0.264. The van der Waals surface area contributed by atoms with Crippen LogP contribution in [0.4, 0.5) is 5.95 Å². The van der Waals surface area contributed by atoms with E-state index in [4.69, 9.17) is 9.47 Å². The minimum Gasteiger partial charge on any atom is -0.467 e. The van der Waals surface area contributed by atoms with Crippen molar-refractivity contribution < 1.29 is 9.47 Å². The van der Waals surface area contributed by atoms with Crippen molar-refractivity contribution in [1.29, 1.82) is 0 Å². The Morgan fingerprint density at radius 3 is 2.07 bits per heavy atom. The maximum atomic E-state index is 4.92. The minimum atomic E-state index is 0.264. The monoisotopic (exact) mass is 196 g/mol. The molecule has 1 saturated carbocycles. The summed E-state index contributed by atoms with van der Waals surface area (Å²) in [6.07, 6.45) is 2.33. The third-order valence-electron chi connectivity index (χ3n) is 1.87. The van der Waals surface area contributed by atoms with Crippen molar-refractivity contribution in [3.05, 3.63) is 0 Å². The second-order valence-electron chi connectivity index (χ2n) is 3.05. The summed E-state index contributed by atoms with van der Waals surface area (Å²) >= 11 is 0. The average molecular weight is 196 g/mol. The molecule has 0 saturated heterocycles. The summed E-state index contributed by atoms with van der Waals surface area (Å²) in [4.78, 5) is 12.0. The number of hydrogen-bond acceptors (Lipinski definition) is 6. The van der Waals surface area contributed by atoms with Crippen molar-refractivity contribution in [2.75, 3.05) is 19.5 Å². The van der Waals surface area contributed by atoms with Crippen LogP contribution >= 0.6 is 0 Å². The summed E-state index contributed by atoms with van der Waals surface area (Å²) in [6, 6.07) is 1.02. The Balaban J connectivity index is 2.19. The van der Waals surface area contributed by atoms with Crippen LogP contribution in [0.3, 0.4) is 0 Å². The van der Waals surface area contributed by atoms with Gasteiger partial charge in [0.1, 0.15) is 0 Å². The van der Waals surface area contributed by atoms with E-state index in [-0.39, 0.29) is 12.0 Å². The van der Waals surface area contributed by atoms with Crippen LogP contribution in [0.15, 0.2) is 0 Å². The summed E-state index contributed by atoms with van der Waals surface area (Å²) in [7, 11) is 3.02. The zero-order chi connectivity index (χ0) is 9.97. The van der Waals surface area contributed by atoms with E-state index >= 15 is 0 Å². The van der Waals surface area contributed by atoms with E-state index in [9.17, 15) is 0 Å². The number of rotatable bonds is 4. The topological polar surface area (TPSA) is 69.2 Å². The van der Waals surface area contributed by atoms with Crippen LogP contribution in [-0.4, -0.2) is 35.2 Å². The molecule has 1 aromatic rings. The van der Waals surface area contributed by atoms with Gasteiger partial charge in [-0.2, -0.15) is 9.97 Å². The highest BCUT2D eigenvalue weighted by Gasteiger charge is 2.22. The van der Waals surface area contributed by atoms with E-state index in [1.165, 1.54) is 14.2 Å². The molecule has 0 unspecified atom stereocenters. The molecule has 76 valence electrons. The predicted molar refractivity (Wildman–Crippen MR) is 49.6 cm³/mol. The first kappa shape index (κ1) is 8.98. The summed E-state index contributed by atoms with van der Waals surface area (Å²) in [5, 5.41) is 3.14. The van der Waals surface area contributed by atoms with Gasteiger partial charge in [0.2, 0.25) is 5.95 Å². The van der Waals surface area contributed by atoms with Crippen molar-refractivity contribution >= 4 is 5.95 Å². The third kappa shape index (κ3) is 2.01. The summed E-state index contributed by atoms with van der Waals surface area (Å²) in [5.41, 5.74) is 0. The summed E-state index contributed by atoms with van der Waals surface area (Å²) < 4.78 is 9.83. The highest BCUT2D eigenvalue weighted by atomic mass is 16.5. The zero-order valence-corrected chi connectivity index (χ0v) is 8.15. The molecule has 14 heavy (non-hydrogen) atoms. The quantitative estimate of drug-likeness (QED) is 0.754. The smallest absolute Gasteiger partial charge is 0.324 e.